The standard InChI is InChI=1S/C19H17ClN4O2S/c1-11-2-6-14(8-15(11)20)22-16(25)10-27-17-7-5-13(9-21-17)19-23-18(24-26-19)12-3-4-12/h2,5-9,12H,3-4,10H2,1H3,(H,22,25). The highest BCUT2D eigenvalue weighted by Gasteiger charge is 2.29. The van der Waals surface area contributed by atoms with Gasteiger partial charge in [-0.2, -0.15) is 4.98 Å². The summed E-state index contributed by atoms with van der Waals surface area (Å²) in [6.45, 7) is 1.92. The summed E-state index contributed by atoms with van der Waals surface area (Å²) in [6, 6.07) is 9.16. The predicted molar refractivity (Wildman–Crippen MR) is 105 cm³/mol. The van der Waals surface area contributed by atoms with E-state index in [1.165, 1.54) is 11.8 Å². The lowest BCUT2D eigenvalue weighted by Crippen LogP contribution is -2.14. The van der Waals surface area contributed by atoms with Crippen molar-refractivity contribution in [3.05, 3.63) is 52.9 Å². The average Bonchev–Trinajstić information content (AvgIpc) is 3.40. The molecule has 0 aliphatic heterocycles. The van der Waals surface area contributed by atoms with Crippen LogP contribution in [0.5, 0.6) is 0 Å². The third kappa shape index (κ3) is 4.48. The molecule has 0 radical (unpaired) electrons. The van der Waals surface area contributed by atoms with Gasteiger partial charge in [0.25, 0.3) is 5.89 Å². The monoisotopic (exact) mass is 400 g/mol. The second-order valence-electron chi connectivity index (χ2n) is 6.42. The number of anilines is 1. The number of halogens is 1. The van der Waals surface area contributed by atoms with Crippen molar-refractivity contribution in [3.63, 3.8) is 0 Å². The summed E-state index contributed by atoms with van der Waals surface area (Å²) in [5.74, 6) is 1.85. The van der Waals surface area contributed by atoms with Crippen molar-refractivity contribution in [2.24, 2.45) is 0 Å². The zero-order chi connectivity index (χ0) is 18.8. The maximum atomic E-state index is 12.1. The molecule has 0 unspecified atom stereocenters. The Hall–Kier alpha value is -2.38. The zero-order valence-electron chi connectivity index (χ0n) is 14.6. The Bertz CT molecular complexity index is 970. The molecule has 1 N–H and O–H groups in total. The molecule has 27 heavy (non-hydrogen) atoms. The first kappa shape index (κ1) is 18.0. The van der Waals surface area contributed by atoms with Gasteiger partial charge in [-0.1, -0.05) is 34.6 Å². The van der Waals surface area contributed by atoms with Crippen molar-refractivity contribution < 1.29 is 9.32 Å². The number of carbonyl (C=O) groups excluding carboxylic acids is 1. The predicted octanol–water partition coefficient (Wildman–Crippen LogP) is 4.70. The van der Waals surface area contributed by atoms with E-state index in [1.807, 2.05) is 31.2 Å². The highest BCUT2D eigenvalue weighted by Crippen LogP contribution is 2.38. The molecule has 1 saturated carbocycles. The van der Waals surface area contributed by atoms with Crippen LogP contribution in [0.15, 0.2) is 46.1 Å². The summed E-state index contributed by atoms with van der Waals surface area (Å²) in [5.41, 5.74) is 2.43. The van der Waals surface area contributed by atoms with Crippen molar-refractivity contribution in [3.8, 4) is 11.5 Å². The highest BCUT2D eigenvalue weighted by atomic mass is 35.5. The normalized spacial score (nSPS) is 13.6. The van der Waals surface area contributed by atoms with E-state index in [4.69, 9.17) is 16.1 Å². The van der Waals surface area contributed by atoms with Gasteiger partial charge in [-0.05, 0) is 49.6 Å². The third-order valence-corrected chi connectivity index (χ3v) is 5.53. The maximum absolute atomic E-state index is 12.1. The maximum Gasteiger partial charge on any atom is 0.259 e. The van der Waals surface area contributed by atoms with E-state index in [9.17, 15) is 4.79 Å². The molecule has 2 heterocycles. The first-order chi connectivity index (χ1) is 13.1. The number of pyridine rings is 1. The number of hydrogen-bond donors (Lipinski definition) is 1. The van der Waals surface area contributed by atoms with E-state index in [0.29, 0.717) is 22.5 Å². The van der Waals surface area contributed by atoms with Crippen molar-refractivity contribution in [1.82, 2.24) is 15.1 Å². The number of nitrogens with one attached hydrogen (secondary N) is 1. The number of rotatable bonds is 6. The summed E-state index contributed by atoms with van der Waals surface area (Å²) in [4.78, 5) is 20.9. The lowest BCUT2D eigenvalue weighted by molar-refractivity contribution is -0.113. The minimum Gasteiger partial charge on any atom is -0.334 e. The molecule has 0 spiro atoms. The SMILES string of the molecule is Cc1ccc(NC(=O)CSc2ccc(-c3nc(C4CC4)no3)cn2)cc1Cl. The molecule has 1 fully saturated rings. The molecule has 4 rings (SSSR count). The van der Waals surface area contributed by atoms with Crippen LogP contribution in [0.25, 0.3) is 11.5 Å². The van der Waals surface area contributed by atoms with Crippen molar-refractivity contribution in [2.45, 2.75) is 30.7 Å². The van der Waals surface area contributed by atoms with E-state index in [2.05, 4.69) is 20.4 Å². The van der Waals surface area contributed by atoms with Crippen LogP contribution in [-0.2, 0) is 4.79 Å². The van der Waals surface area contributed by atoms with Gasteiger partial charge in [0.1, 0.15) is 0 Å². The van der Waals surface area contributed by atoms with Crippen LogP contribution < -0.4 is 5.32 Å². The fourth-order valence-corrected chi connectivity index (χ4v) is 3.28. The van der Waals surface area contributed by atoms with E-state index < -0.39 is 0 Å². The Labute approximate surface area is 165 Å². The fourth-order valence-electron chi connectivity index (χ4n) is 2.46. The van der Waals surface area contributed by atoms with Gasteiger partial charge in [0.2, 0.25) is 5.91 Å². The molecule has 0 bridgehead atoms. The van der Waals surface area contributed by atoms with Crippen molar-refractivity contribution >= 4 is 35.0 Å². The Kier molecular flexibility index (Phi) is 5.13. The van der Waals surface area contributed by atoms with E-state index >= 15 is 0 Å². The molecular formula is C19H17ClN4O2S. The first-order valence-corrected chi connectivity index (χ1v) is 9.93. The van der Waals surface area contributed by atoms with Gasteiger partial charge in [0.05, 0.1) is 16.3 Å². The molecule has 138 valence electrons. The Balaban J connectivity index is 1.32. The van der Waals surface area contributed by atoms with Crippen LogP contribution in [0.2, 0.25) is 5.02 Å². The Morgan fingerprint density at radius 3 is 2.89 bits per heavy atom. The van der Waals surface area contributed by atoms with E-state index in [-0.39, 0.29) is 11.7 Å². The second-order valence-corrected chi connectivity index (χ2v) is 7.82. The van der Waals surface area contributed by atoms with Crippen LogP contribution in [0.3, 0.4) is 0 Å². The first-order valence-electron chi connectivity index (χ1n) is 8.57. The molecule has 1 aromatic carbocycles. The number of aromatic nitrogens is 3. The van der Waals surface area contributed by atoms with Crippen LogP contribution in [0, 0.1) is 6.92 Å². The van der Waals surface area contributed by atoms with Crippen LogP contribution in [0.1, 0.15) is 30.1 Å². The number of hydrogen-bond acceptors (Lipinski definition) is 6. The number of benzene rings is 1. The average molecular weight is 401 g/mol. The molecule has 1 aliphatic carbocycles. The smallest absolute Gasteiger partial charge is 0.259 e. The summed E-state index contributed by atoms with van der Waals surface area (Å²) in [5, 5.41) is 8.21. The third-order valence-electron chi connectivity index (χ3n) is 4.17. The zero-order valence-corrected chi connectivity index (χ0v) is 16.2. The van der Waals surface area contributed by atoms with Gasteiger partial charge in [-0.3, -0.25) is 4.79 Å². The van der Waals surface area contributed by atoms with Crippen LogP contribution in [0.4, 0.5) is 5.69 Å². The Morgan fingerprint density at radius 2 is 2.19 bits per heavy atom. The van der Waals surface area contributed by atoms with Crippen LogP contribution >= 0.6 is 23.4 Å². The van der Waals surface area contributed by atoms with Gasteiger partial charge in [0, 0.05) is 22.8 Å². The summed E-state index contributed by atoms with van der Waals surface area (Å²) >= 11 is 7.43. The molecule has 2 aromatic heterocycles. The molecule has 3 aromatic rings. The quantitative estimate of drug-likeness (QED) is 0.604. The minimum absolute atomic E-state index is 0.114. The molecule has 0 saturated heterocycles. The van der Waals surface area contributed by atoms with Gasteiger partial charge in [-0.25, -0.2) is 4.98 Å². The number of thioether (sulfide) groups is 1. The number of carbonyl (C=O) groups is 1. The number of nitrogens with zero attached hydrogens (tertiary/aromatic N) is 3. The summed E-state index contributed by atoms with van der Waals surface area (Å²) in [6.07, 6.45) is 3.94. The largest absolute Gasteiger partial charge is 0.334 e. The van der Waals surface area contributed by atoms with E-state index in [0.717, 1.165) is 34.8 Å². The second kappa shape index (κ2) is 7.70. The molecule has 8 heteroatoms. The van der Waals surface area contributed by atoms with Gasteiger partial charge < -0.3 is 9.84 Å². The van der Waals surface area contributed by atoms with E-state index in [1.54, 1.807) is 12.3 Å². The van der Waals surface area contributed by atoms with Crippen molar-refractivity contribution in [1.29, 1.82) is 0 Å². The lowest BCUT2D eigenvalue weighted by Gasteiger charge is -2.06. The topological polar surface area (TPSA) is 80.9 Å². The molecule has 1 aliphatic rings. The summed E-state index contributed by atoms with van der Waals surface area (Å²) in [7, 11) is 0. The Morgan fingerprint density at radius 1 is 1.33 bits per heavy atom. The highest BCUT2D eigenvalue weighted by molar-refractivity contribution is 7.99. The van der Waals surface area contributed by atoms with Crippen molar-refractivity contribution in [2.75, 3.05) is 11.1 Å². The van der Waals surface area contributed by atoms with Crippen LogP contribution in [-0.4, -0.2) is 26.8 Å². The molecule has 1 amide bonds. The van der Waals surface area contributed by atoms with Gasteiger partial charge in [-0.15, -0.1) is 0 Å². The number of aryl methyl sites for hydroxylation is 1. The number of amides is 1. The summed E-state index contributed by atoms with van der Waals surface area (Å²) < 4.78 is 5.29. The lowest BCUT2D eigenvalue weighted by atomic mass is 10.2. The fraction of sp³-hybridized carbons (Fsp3) is 0.263. The minimum atomic E-state index is -0.114. The van der Waals surface area contributed by atoms with Gasteiger partial charge >= 0.3 is 0 Å². The molecule has 0 atom stereocenters. The van der Waals surface area contributed by atoms with Gasteiger partial charge in [0.15, 0.2) is 5.82 Å². The molecular weight excluding hydrogens is 384 g/mol. The molecule has 6 nitrogen and oxygen atoms in total.